The zero-order valence-corrected chi connectivity index (χ0v) is 8.91. The molecule has 1 N–H and O–H groups in total. The molecule has 1 aliphatic rings. The average molecular weight is 224 g/mol. The highest BCUT2D eigenvalue weighted by molar-refractivity contribution is 6.37. The Balaban J connectivity index is 2.34. The second kappa shape index (κ2) is 3.66. The maximum absolute atomic E-state index is 11.5. The highest BCUT2D eigenvalue weighted by atomic mass is 35.5. The molecular formula is C11H10ClNO2. The smallest absolute Gasteiger partial charge is 0.245 e. The van der Waals surface area contributed by atoms with Crippen molar-refractivity contribution in [1.82, 2.24) is 5.32 Å². The van der Waals surface area contributed by atoms with Crippen LogP contribution < -0.4 is 5.32 Å². The van der Waals surface area contributed by atoms with Crippen molar-refractivity contribution in [2.24, 2.45) is 0 Å². The molecule has 1 fully saturated rings. The number of nitrogens with one attached hydrogen (secondary N) is 1. The number of rotatable bonds is 1. The molecule has 15 heavy (non-hydrogen) atoms. The molecule has 0 bridgehead atoms. The topological polar surface area (TPSA) is 46.2 Å². The van der Waals surface area contributed by atoms with Crippen LogP contribution in [0, 0.1) is 6.92 Å². The molecule has 0 aromatic heterocycles. The third kappa shape index (κ3) is 1.75. The summed E-state index contributed by atoms with van der Waals surface area (Å²) in [5.74, 6) is -1.28. The fourth-order valence-corrected chi connectivity index (χ4v) is 1.96. The number of hydrogen-bond acceptors (Lipinski definition) is 2. The van der Waals surface area contributed by atoms with Gasteiger partial charge in [-0.05, 0) is 12.5 Å². The standard InChI is InChI=1S/C11H10ClNO2/c1-6-2-4-7(5-3-6)8-9(12)11(15)13-10(8)14/h2-5,8-9H,1H3,(H,13,14,15). The second-order valence-electron chi connectivity index (χ2n) is 3.64. The molecule has 3 nitrogen and oxygen atoms in total. The molecule has 1 aromatic carbocycles. The van der Waals surface area contributed by atoms with Gasteiger partial charge in [0.1, 0.15) is 5.38 Å². The van der Waals surface area contributed by atoms with Gasteiger partial charge in [-0.2, -0.15) is 0 Å². The molecule has 78 valence electrons. The van der Waals surface area contributed by atoms with E-state index < -0.39 is 17.2 Å². The van der Waals surface area contributed by atoms with Crippen molar-refractivity contribution in [3.05, 3.63) is 35.4 Å². The van der Waals surface area contributed by atoms with Crippen molar-refractivity contribution in [2.45, 2.75) is 18.2 Å². The molecule has 0 aliphatic carbocycles. The van der Waals surface area contributed by atoms with Crippen LogP contribution in [0.5, 0.6) is 0 Å². The second-order valence-corrected chi connectivity index (χ2v) is 4.11. The van der Waals surface area contributed by atoms with Crippen LogP contribution >= 0.6 is 11.6 Å². The van der Waals surface area contributed by atoms with Crippen LogP contribution in [0.2, 0.25) is 0 Å². The summed E-state index contributed by atoms with van der Waals surface area (Å²) in [5.41, 5.74) is 1.89. The minimum Gasteiger partial charge on any atom is -0.295 e. The van der Waals surface area contributed by atoms with Crippen molar-refractivity contribution in [2.75, 3.05) is 0 Å². The van der Waals surface area contributed by atoms with Crippen LogP contribution in [-0.2, 0) is 9.59 Å². The minimum absolute atomic E-state index is 0.316. The van der Waals surface area contributed by atoms with Gasteiger partial charge in [0.05, 0.1) is 5.92 Å². The minimum atomic E-state index is -0.791. The van der Waals surface area contributed by atoms with Gasteiger partial charge in [0.25, 0.3) is 0 Å². The third-order valence-electron chi connectivity index (χ3n) is 2.51. The van der Waals surface area contributed by atoms with E-state index in [0.29, 0.717) is 0 Å². The van der Waals surface area contributed by atoms with Gasteiger partial charge in [0.15, 0.2) is 0 Å². The highest BCUT2D eigenvalue weighted by Crippen LogP contribution is 2.28. The van der Waals surface area contributed by atoms with Crippen LogP contribution in [0.1, 0.15) is 17.0 Å². The monoisotopic (exact) mass is 223 g/mol. The average Bonchev–Trinajstić information content (AvgIpc) is 2.44. The summed E-state index contributed by atoms with van der Waals surface area (Å²) in [5, 5.41) is 1.43. The van der Waals surface area contributed by atoms with E-state index in [0.717, 1.165) is 11.1 Å². The third-order valence-corrected chi connectivity index (χ3v) is 2.96. The predicted molar refractivity (Wildman–Crippen MR) is 56.7 cm³/mol. The quantitative estimate of drug-likeness (QED) is 0.577. The summed E-state index contributed by atoms with van der Waals surface area (Å²) in [4.78, 5) is 22.6. The molecule has 2 unspecified atom stereocenters. The lowest BCUT2D eigenvalue weighted by atomic mass is 9.96. The van der Waals surface area contributed by atoms with E-state index in [1.54, 1.807) is 0 Å². The number of imide groups is 1. The first-order valence-corrected chi connectivity index (χ1v) is 5.08. The lowest BCUT2D eigenvalue weighted by Crippen LogP contribution is -2.22. The van der Waals surface area contributed by atoms with Crippen molar-refractivity contribution in [3.8, 4) is 0 Å². The Morgan fingerprint density at radius 2 is 1.73 bits per heavy atom. The number of hydrogen-bond donors (Lipinski definition) is 1. The molecule has 1 saturated heterocycles. The Bertz CT molecular complexity index is 413. The maximum atomic E-state index is 11.5. The lowest BCUT2D eigenvalue weighted by molar-refractivity contribution is -0.125. The first-order valence-electron chi connectivity index (χ1n) is 4.65. The van der Waals surface area contributed by atoms with Gasteiger partial charge < -0.3 is 0 Å². The zero-order valence-electron chi connectivity index (χ0n) is 8.16. The summed E-state index contributed by atoms with van der Waals surface area (Å²) in [6.45, 7) is 1.96. The molecule has 1 heterocycles. The molecule has 2 rings (SSSR count). The van der Waals surface area contributed by atoms with Crippen LogP contribution in [0.3, 0.4) is 0 Å². The van der Waals surface area contributed by atoms with Crippen LogP contribution in [0.4, 0.5) is 0 Å². The van der Waals surface area contributed by atoms with E-state index >= 15 is 0 Å². The Hall–Kier alpha value is -1.35. The van der Waals surface area contributed by atoms with Gasteiger partial charge >= 0.3 is 0 Å². The Labute approximate surface area is 92.4 Å². The van der Waals surface area contributed by atoms with Crippen LogP contribution in [-0.4, -0.2) is 17.2 Å². The molecule has 0 saturated carbocycles. The van der Waals surface area contributed by atoms with E-state index in [-0.39, 0.29) is 5.91 Å². The maximum Gasteiger partial charge on any atom is 0.245 e. The number of benzene rings is 1. The number of carbonyl (C=O) groups is 2. The number of amides is 2. The summed E-state index contributed by atoms with van der Waals surface area (Å²) < 4.78 is 0. The number of alkyl halides is 1. The van der Waals surface area contributed by atoms with Crippen molar-refractivity contribution in [1.29, 1.82) is 0 Å². The summed E-state index contributed by atoms with van der Waals surface area (Å²) >= 11 is 5.86. The van der Waals surface area contributed by atoms with Crippen molar-refractivity contribution in [3.63, 3.8) is 0 Å². The Kier molecular flexibility index (Phi) is 2.49. The number of aryl methyl sites for hydroxylation is 1. The van der Waals surface area contributed by atoms with E-state index in [9.17, 15) is 9.59 Å². The molecule has 0 spiro atoms. The first-order chi connectivity index (χ1) is 7.09. The first kappa shape index (κ1) is 10.2. The van der Waals surface area contributed by atoms with Gasteiger partial charge in [-0.25, -0.2) is 0 Å². The molecule has 4 heteroatoms. The SMILES string of the molecule is Cc1ccc(C2C(=O)NC(=O)C2Cl)cc1. The normalized spacial score (nSPS) is 25.5. The predicted octanol–water partition coefficient (Wildman–Crippen LogP) is 1.34. The molecular weight excluding hydrogens is 214 g/mol. The molecule has 2 amide bonds. The van der Waals surface area contributed by atoms with E-state index in [2.05, 4.69) is 5.32 Å². The van der Waals surface area contributed by atoms with Gasteiger partial charge in [-0.3, -0.25) is 14.9 Å². The number of halogens is 1. The Morgan fingerprint density at radius 1 is 1.13 bits per heavy atom. The molecule has 0 radical (unpaired) electrons. The summed E-state index contributed by atoms with van der Waals surface area (Å²) in [6, 6.07) is 7.45. The van der Waals surface area contributed by atoms with Crippen molar-refractivity contribution < 1.29 is 9.59 Å². The van der Waals surface area contributed by atoms with Crippen LogP contribution in [0.15, 0.2) is 24.3 Å². The molecule has 2 atom stereocenters. The van der Waals surface area contributed by atoms with E-state index in [1.165, 1.54) is 0 Å². The molecule has 1 aliphatic heterocycles. The Morgan fingerprint density at radius 3 is 2.20 bits per heavy atom. The van der Waals surface area contributed by atoms with Gasteiger partial charge in [0, 0.05) is 0 Å². The van der Waals surface area contributed by atoms with Gasteiger partial charge in [0.2, 0.25) is 11.8 Å². The van der Waals surface area contributed by atoms with E-state index in [1.807, 2.05) is 31.2 Å². The van der Waals surface area contributed by atoms with Gasteiger partial charge in [-0.1, -0.05) is 29.8 Å². The fraction of sp³-hybridized carbons (Fsp3) is 0.273. The fourth-order valence-electron chi connectivity index (χ4n) is 1.65. The molecule has 1 aromatic rings. The van der Waals surface area contributed by atoms with Gasteiger partial charge in [-0.15, -0.1) is 11.6 Å². The van der Waals surface area contributed by atoms with E-state index in [4.69, 9.17) is 11.6 Å². The number of carbonyl (C=O) groups excluding carboxylic acids is 2. The summed E-state index contributed by atoms with van der Waals surface area (Å²) in [6.07, 6.45) is 0. The lowest BCUT2D eigenvalue weighted by Gasteiger charge is -2.09. The van der Waals surface area contributed by atoms with Crippen molar-refractivity contribution >= 4 is 23.4 Å². The largest absolute Gasteiger partial charge is 0.295 e. The summed E-state index contributed by atoms with van der Waals surface area (Å²) in [7, 11) is 0. The van der Waals surface area contributed by atoms with Crippen LogP contribution in [0.25, 0.3) is 0 Å². The highest BCUT2D eigenvalue weighted by Gasteiger charge is 2.41. The zero-order chi connectivity index (χ0) is 11.0.